The van der Waals surface area contributed by atoms with Crippen LogP contribution in [0.25, 0.3) is 11.1 Å². The second-order valence-corrected chi connectivity index (χ2v) is 7.57. The molecule has 2 heterocycles. The third-order valence-corrected chi connectivity index (χ3v) is 4.72. The van der Waals surface area contributed by atoms with Crippen molar-refractivity contribution >= 4 is 0 Å². The van der Waals surface area contributed by atoms with Gasteiger partial charge in [0.1, 0.15) is 12.4 Å². The van der Waals surface area contributed by atoms with E-state index in [1.165, 1.54) is 22.8 Å². The van der Waals surface area contributed by atoms with Gasteiger partial charge >= 0.3 is 0 Å². The molecular weight excluding hydrogens is 352 g/mol. The highest BCUT2D eigenvalue weighted by Crippen LogP contribution is 2.25. The first-order valence-corrected chi connectivity index (χ1v) is 9.63. The van der Waals surface area contributed by atoms with Gasteiger partial charge in [-0.3, -0.25) is 9.36 Å². The summed E-state index contributed by atoms with van der Waals surface area (Å²) in [6.07, 6.45) is 2.63. The maximum atomic E-state index is 11.3. The van der Waals surface area contributed by atoms with E-state index in [0.29, 0.717) is 25.1 Å². The number of benzene rings is 2. The Labute approximate surface area is 164 Å². The third-order valence-electron chi connectivity index (χ3n) is 4.72. The van der Waals surface area contributed by atoms with Crippen LogP contribution in [0.1, 0.15) is 19.4 Å². The molecule has 0 saturated carbocycles. The van der Waals surface area contributed by atoms with Crippen LogP contribution in [-0.2, 0) is 13.0 Å². The number of nitrogens with zero attached hydrogens (tertiary/aromatic N) is 2. The maximum Gasteiger partial charge on any atom is 0.300 e. The normalized spacial score (nSPS) is 15.3. The lowest BCUT2D eigenvalue weighted by Gasteiger charge is -2.12. The summed E-state index contributed by atoms with van der Waals surface area (Å²) >= 11 is 0. The lowest BCUT2D eigenvalue weighted by Crippen LogP contribution is -2.23. The first-order valence-electron chi connectivity index (χ1n) is 9.63. The second-order valence-electron chi connectivity index (χ2n) is 7.57. The van der Waals surface area contributed by atoms with Crippen molar-refractivity contribution in [3.05, 3.63) is 76.7 Å². The van der Waals surface area contributed by atoms with Gasteiger partial charge in [0, 0.05) is 12.3 Å². The Morgan fingerprint density at radius 2 is 1.96 bits per heavy atom. The summed E-state index contributed by atoms with van der Waals surface area (Å²) in [7, 11) is 0. The Hall–Kier alpha value is -3.08. The van der Waals surface area contributed by atoms with Gasteiger partial charge in [0.15, 0.2) is 6.10 Å². The molecule has 0 spiro atoms. The van der Waals surface area contributed by atoms with Gasteiger partial charge < -0.3 is 9.47 Å². The molecule has 144 valence electrons. The number of ether oxygens (including phenoxy) is 2. The molecule has 0 unspecified atom stereocenters. The molecule has 4 rings (SSSR count). The van der Waals surface area contributed by atoms with Crippen molar-refractivity contribution in [2.24, 2.45) is 5.92 Å². The molecular formula is C23H24N2O3. The van der Waals surface area contributed by atoms with Crippen LogP contribution in [0.4, 0.5) is 0 Å². The summed E-state index contributed by atoms with van der Waals surface area (Å²) in [6, 6.07) is 18.6. The van der Waals surface area contributed by atoms with Crippen molar-refractivity contribution < 1.29 is 9.47 Å². The molecule has 1 aliphatic rings. The fourth-order valence-corrected chi connectivity index (χ4v) is 3.42. The molecule has 1 atom stereocenters. The van der Waals surface area contributed by atoms with Crippen LogP contribution in [0.5, 0.6) is 11.8 Å². The predicted molar refractivity (Wildman–Crippen MR) is 109 cm³/mol. The van der Waals surface area contributed by atoms with E-state index in [0.717, 1.165) is 12.2 Å². The zero-order valence-electron chi connectivity index (χ0n) is 16.2. The molecule has 0 N–H and O–H groups in total. The molecule has 5 nitrogen and oxygen atoms in total. The van der Waals surface area contributed by atoms with E-state index in [9.17, 15) is 4.79 Å². The van der Waals surface area contributed by atoms with Crippen molar-refractivity contribution in [3.63, 3.8) is 0 Å². The standard InChI is InChI=1S/C23H24N2O3/c1-16(2)12-17-4-3-5-19(13-17)18-6-8-20(9-7-18)27-15-21-14-25-11-10-22(26)24-23(25)28-21/h3-11,13,16,21H,12,14-15H2,1-2H3/t21-/m0/s1. The summed E-state index contributed by atoms with van der Waals surface area (Å²) in [5, 5.41) is 0. The fraction of sp³-hybridized carbons (Fsp3) is 0.304. The molecule has 0 bridgehead atoms. The minimum atomic E-state index is -0.291. The van der Waals surface area contributed by atoms with Crippen LogP contribution in [0.15, 0.2) is 65.6 Å². The van der Waals surface area contributed by atoms with Gasteiger partial charge in [0.2, 0.25) is 0 Å². The molecule has 1 aliphatic heterocycles. The van der Waals surface area contributed by atoms with Crippen molar-refractivity contribution in [1.29, 1.82) is 0 Å². The van der Waals surface area contributed by atoms with Crippen LogP contribution in [0, 0.1) is 5.92 Å². The number of rotatable bonds is 6. The van der Waals surface area contributed by atoms with E-state index >= 15 is 0 Å². The molecule has 2 aromatic carbocycles. The molecule has 0 fully saturated rings. The van der Waals surface area contributed by atoms with Gasteiger partial charge in [-0.15, -0.1) is 0 Å². The van der Waals surface area contributed by atoms with Crippen LogP contribution in [-0.4, -0.2) is 22.3 Å². The lowest BCUT2D eigenvalue weighted by molar-refractivity contribution is 0.143. The van der Waals surface area contributed by atoms with Crippen molar-refractivity contribution in [2.75, 3.05) is 6.61 Å². The maximum absolute atomic E-state index is 11.3. The van der Waals surface area contributed by atoms with Crippen LogP contribution in [0.2, 0.25) is 0 Å². The Morgan fingerprint density at radius 1 is 1.14 bits per heavy atom. The van der Waals surface area contributed by atoms with Crippen LogP contribution >= 0.6 is 0 Å². The number of fused-ring (bicyclic) bond motifs is 1. The van der Waals surface area contributed by atoms with E-state index in [-0.39, 0.29) is 11.7 Å². The highest BCUT2D eigenvalue weighted by Gasteiger charge is 2.23. The highest BCUT2D eigenvalue weighted by atomic mass is 16.6. The Kier molecular flexibility index (Phi) is 5.15. The molecule has 0 radical (unpaired) electrons. The van der Waals surface area contributed by atoms with Gasteiger partial charge in [0.05, 0.1) is 6.54 Å². The second kappa shape index (κ2) is 7.89. The van der Waals surface area contributed by atoms with E-state index in [2.05, 4.69) is 55.2 Å². The van der Waals surface area contributed by atoms with Gasteiger partial charge in [-0.05, 0) is 41.2 Å². The monoisotopic (exact) mass is 376 g/mol. The zero-order chi connectivity index (χ0) is 19.5. The minimum absolute atomic E-state index is 0.151. The number of hydrogen-bond donors (Lipinski definition) is 0. The summed E-state index contributed by atoms with van der Waals surface area (Å²) in [4.78, 5) is 15.2. The summed E-state index contributed by atoms with van der Waals surface area (Å²) < 4.78 is 13.4. The highest BCUT2D eigenvalue weighted by molar-refractivity contribution is 5.64. The molecule has 0 amide bonds. The molecule has 0 aliphatic carbocycles. The summed E-state index contributed by atoms with van der Waals surface area (Å²) in [5.41, 5.74) is 3.46. The van der Waals surface area contributed by atoms with Crippen molar-refractivity contribution in [2.45, 2.75) is 32.9 Å². The molecule has 5 heteroatoms. The van der Waals surface area contributed by atoms with Gasteiger partial charge in [-0.2, -0.15) is 4.98 Å². The first-order chi connectivity index (χ1) is 13.6. The van der Waals surface area contributed by atoms with Crippen LogP contribution in [0.3, 0.4) is 0 Å². The summed E-state index contributed by atoms with van der Waals surface area (Å²) in [5.74, 6) is 1.44. The largest absolute Gasteiger partial charge is 0.490 e. The summed E-state index contributed by atoms with van der Waals surface area (Å²) in [6.45, 7) is 5.50. The lowest BCUT2D eigenvalue weighted by atomic mass is 9.98. The van der Waals surface area contributed by atoms with E-state index in [1.807, 2.05) is 16.7 Å². The van der Waals surface area contributed by atoms with E-state index in [1.54, 1.807) is 6.20 Å². The van der Waals surface area contributed by atoms with Crippen LogP contribution < -0.4 is 15.0 Å². The predicted octanol–water partition coefficient (Wildman–Crippen LogP) is 3.95. The number of aromatic nitrogens is 2. The van der Waals surface area contributed by atoms with Crippen molar-refractivity contribution in [3.8, 4) is 22.9 Å². The Morgan fingerprint density at radius 3 is 2.75 bits per heavy atom. The van der Waals surface area contributed by atoms with Gasteiger partial charge in [-0.1, -0.05) is 50.2 Å². The average Bonchev–Trinajstić information content (AvgIpc) is 3.08. The SMILES string of the molecule is CC(C)Cc1cccc(-c2ccc(OC[C@@H]3Cn4ccc(=O)nc4O3)cc2)c1. The smallest absolute Gasteiger partial charge is 0.300 e. The minimum Gasteiger partial charge on any atom is -0.490 e. The molecule has 3 aromatic rings. The van der Waals surface area contributed by atoms with Gasteiger partial charge in [-0.25, -0.2) is 0 Å². The Bertz CT molecular complexity index is 1010. The first kappa shape index (κ1) is 18.3. The van der Waals surface area contributed by atoms with Crippen molar-refractivity contribution in [1.82, 2.24) is 9.55 Å². The average molecular weight is 376 g/mol. The van der Waals surface area contributed by atoms with E-state index < -0.39 is 0 Å². The van der Waals surface area contributed by atoms with E-state index in [4.69, 9.17) is 9.47 Å². The third kappa shape index (κ3) is 4.25. The quantitative estimate of drug-likeness (QED) is 0.654. The zero-order valence-corrected chi connectivity index (χ0v) is 16.2. The topological polar surface area (TPSA) is 53.4 Å². The number of hydrogen-bond acceptors (Lipinski definition) is 4. The van der Waals surface area contributed by atoms with Gasteiger partial charge in [0.25, 0.3) is 11.6 Å². The fourth-order valence-electron chi connectivity index (χ4n) is 3.42. The molecule has 0 saturated heterocycles. The Balaban J connectivity index is 1.37. The molecule has 28 heavy (non-hydrogen) atoms. The molecule has 1 aromatic heterocycles.